The Labute approximate surface area is 208 Å². The van der Waals surface area contributed by atoms with E-state index in [1.54, 1.807) is 11.3 Å². The van der Waals surface area contributed by atoms with Crippen LogP contribution in [0.1, 0.15) is 39.5 Å². The van der Waals surface area contributed by atoms with E-state index in [1.165, 1.54) is 5.56 Å². The molecule has 0 atom stereocenters. The number of hydrogen-bond donors (Lipinski definition) is 0. The molecule has 1 amide bonds. The molecule has 0 aliphatic carbocycles. The van der Waals surface area contributed by atoms with Gasteiger partial charge in [0.15, 0.2) is 0 Å². The zero-order chi connectivity index (χ0) is 23.5. The van der Waals surface area contributed by atoms with Gasteiger partial charge in [-0.15, -0.1) is 11.3 Å². The van der Waals surface area contributed by atoms with Crippen LogP contribution in [0, 0.1) is 6.92 Å². The maximum Gasteiger partial charge on any atom is 0.255 e. The molecule has 5 rings (SSSR count). The predicted molar refractivity (Wildman–Crippen MR) is 137 cm³/mol. The van der Waals surface area contributed by atoms with Gasteiger partial charge in [-0.3, -0.25) is 4.79 Å². The molecule has 0 saturated carbocycles. The summed E-state index contributed by atoms with van der Waals surface area (Å²) in [6, 6.07) is 19.7. The zero-order valence-electron chi connectivity index (χ0n) is 19.0. The topological polar surface area (TPSA) is 47.4 Å². The first-order valence-electron chi connectivity index (χ1n) is 11.5. The monoisotopic (exact) mass is 491 g/mol. The highest BCUT2D eigenvalue weighted by Crippen LogP contribution is 2.31. The maximum atomic E-state index is 13.3. The van der Waals surface area contributed by atoms with Crippen LogP contribution in [0.15, 0.2) is 66.0 Å². The lowest BCUT2D eigenvalue weighted by atomic mass is 10.2. The summed E-state index contributed by atoms with van der Waals surface area (Å²) >= 11 is 7.76. The largest absolute Gasteiger partial charge is 0.485 e. The molecule has 0 unspecified atom stereocenters. The standard InChI is InChI=1S/C27H26ClN3O2S/c1-19-21(27(32)30-13-7-8-14-30)15-24(31(19)16-20-9-3-2-4-10-20)23-18-34-26(29-23)17-33-25-12-6-5-11-22(25)28/h2-6,9-12,15,18H,7-8,13-14,16-17H2,1H3. The Morgan fingerprint density at radius 3 is 2.59 bits per heavy atom. The Kier molecular flexibility index (Phi) is 6.70. The molecule has 2 aromatic carbocycles. The normalized spacial score (nSPS) is 13.4. The number of aromatic nitrogens is 2. The SMILES string of the molecule is Cc1c(C(=O)N2CCCC2)cc(-c2csc(COc3ccccc3Cl)n2)n1Cc1ccccc1. The third kappa shape index (κ3) is 4.74. The minimum Gasteiger partial charge on any atom is -0.485 e. The van der Waals surface area contributed by atoms with Crippen LogP contribution in [0.5, 0.6) is 5.75 Å². The van der Waals surface area contributed by atoms with E-state index in [4.69, 9.17) is 21.3 Å². The number of carbonyl (C=O) groups is 1. The van der Waals surface area contributed by atoms with Gasteiger partial charge in [0, 0.05) is 30.7 Å². The Morgan fingerprint density at radius 1 is 1.09 bits per heavy atom. The molecule has 4 aromatic rings. The molecule has 2 aromatic heterocycles. The van der Waals surface area contributed by atoms with Gasteiger partial charge in [0.2, 0.25) is 0 Å². The second-order valence-electron chi connectivity index (χ2n) is 8.45. The molecule has 34 heavy (non-hydrogen) atoms. The smallest absolute Gasteiger partial charge is 0.255 e. The number of amides is 1. The molecule has 1 aliphatic rings. The highest BCUT2D eigenvalue weighted by Gasteiger charge is 2.25. The first-order chi connectivity index (χ1) is 16.6. The predicted octanol–water partition coefficient (Wildman–Crippen LogP) is 6.44. The number of nitrogens with zero attached hydrogens (tertiary/aromatic N) is 3. The molecule has 1 saturated heterocycles. The van der Waals surface area contributed by atoms with Crippen LogP contribution in [0.4, 0.5) is 0 Å². The number of para-hydroxylation sites is 1. The summed E-state index contributed by atoms with van der Waals surface area (Å²) in [5.74, 6) is 0.753. The maximum absolute atomic E-state index is 13.3. The number of ether oxygens (including phenoxy) is 1. The fraction of sp³-hybridized carbons (Fsp3) is 0.259. The van der Waals surface area contributed by atoms with Crippen LogP contribution in [0.25, 0.3) is 11.4 Å². The number of carbonyl (C=O) groups excluding carboxylic acids is 1. The zero-order valence-corrected chi connectivity index (χ0v) is 20.6. The van der Waals surface area contributed by atoms with Crippen LogP contribution in [-0.2, 0) is 13.2 Å². The number of benzene rings is 2. The molecule has 5 nitrogen and oxygen atoms in total. The van der Waals surface area contributed by atoms with Crippen molar-refractivity contribution in [1.29, 1.82) is 0 Å². The molecule has 0 spiro atoms. The third-order valence-corrected chi connectivity index (χ3v) is 7.31. The molecule has 0 N–H and O–H groups in total. The summed E-state index contributed by atoms with van der Waals surface area (Å²) in [6.45, 7) is 4.71. The number of likely N-dealkylation sites (tertiary alicyclic amines) is 1. The lowest BCUT2D eigenvalue weighted by Gasteiger charge is -2.15. The average molecular weight is 492 g/mol. The molecule has 1 fully saturated rings. The van der Waals surface area contributed by atoms with Crippen molar-refractivity contribution in [2.24, 2.45) is 0 Å². The summed E-state index contributed by atoms with van der Waals surface area (Å²) < 4.78 is 8.08. The summed E-state index contributed by atoms with van der Waals surface area (Å²) in [5.41, 5.74) is 4.71. The van der Waals surface area contributed by atoms with E-state index in [1.807, 2.05) is 65.7 Å². The molecule has 0 bridgehead atoms. The van der Waals surface area contributed by atoms with E-state index in [2.05, 4.69) is 16.7 Å². The molecular formula is C27H26ClN3O2S. The fourth-order valence-corrected chi connectivity index (χ4v) is 5.22. The second-order valence-corrected chi connectivity index (χ2v) is 9.80. The highest BCUT2D eigenvalue weighted by atomic mass is 35.5. The summed E-state index contributed by atoms with van der Waals surface area (Å²) in [5, 5.41) is 3.47. The number of halogens is 1. The average Bonchev–Trinajstić information content (AvgIpc) is 3.61. The van der Waals surface area contributed by atoms with Crippen molar-refractivity contribution in [2.45, 2.75) is 32.9 Å². The van der Waals surface area contributed by atoms with Crippen molar-refractivity contribution in [3.05, 3.63) is 92.9 Å². The fourth-order valence-electron chi connectivity index (χ4n) is 4.33. The first-order valence-corrected chi connectivity index (χ1v) is 12.7. The lowest BCUT2D eigenvalue weighted by molar-refractivity contribution is 0.0792. The van der Waals surface area contributed by atoms with Crippen molar-refractivity contribution in [3.8, 4) is 17.1 Å². The van der Waals surface area contributed by atoms with Crippen LogP contribution in [-0.4, -0.2) is 33.4 Å². The molecule has 1 aliphatic heterocycles. The Bertz CT molecular complexity index is 1290. The Morgan fingerprint density at radius 2 is 1.82 bits per heavy atom. The minimum absolute atomic E-state index is 0.112. The van der Waals surface area contributed by atoms with Gasteiger partial charge in [0.05, 0.1) is 22.0 Å². The van der Waals surface area contributed by atoms with Crippen LogP contribution in [0.3, 0.4) is 0 Å². The van der Waals surface area contributed by atoms with E-state index in [0.717, 1.165) is 53.6 Å². The molecular weight excluding hydrogens is 466 g/mol. The molecule has 0 radical (unpaired) electrons. The van der Waals surface area contributed by atoms with E-state index in [9.17, 15) is 4.79 Å². The van der Waals surface area contributed by atoms with Crippen molar-refractivity contribution in [3.63, 3.8) is 0 Å². The van der Waals surface area contributed by atoms with Crippen molar-refractivity contribution < 1.29 is 9.53 Å². The Balaban J connectivity index is 1.45. The molecule has 3 heterocycles. The van der Waals surface area contributed by atoms with Crippen molar-refractivity contribution in [2.75, 3.05) is 13.1 Å². The van der Waals surface area contributed by atoms with E-state index in [0.29, 0.717) is 23.9 Å². The lowest BCUT2D eigenvalue weighted by Crippen LogP contribution is -2.28. The van der Waals surface area contributed by atoms with Gasteiger partial charge in [-0.25, -0.2) is 4.98 Å². The van der Waals surface area contributed by atoms with Gasteiger partial charge >= 0.3 is 0 Å². The van der Waals surface area contributed by atoms with E-state index >= 15 is 0 Å². The van der Waals surface area contributed by atoms with E-state index < -0.39 is 0 Å². The number of thiazole rings is 1. The summed E-state index contributed by atoms with van der Waals surface area (Å²) in [6.07, 6.45) is 2.15. The third-order valence-electron chi connectivity index (χ3n) is 6.18. The highest BCUT2D eigenvalue weighted by molar-refractivity contribution is 7.09. The van der Waals surface area contributed by atoms with Gasteiger partial charge in [0.25, 0.3) is 5.91 Å². The summed E-state index contributed by atoms with van der Waals surface area (Å²) in [7, 11) is 0. The van der Waals surface area contributed by atoms with Crippen molar-refractivity contribution >= 4 is 28.8 Å². The Hall–Kier alpha value is -3.09. The van der Waals surface area contributed by atoms with Gasteiger partial charge < -0.3 is 14.2 Å². The van der Waals surface area contributed by atoms with Gasteiger partial charge in [-0.1, -0.05) is 54.1 Å². The quantitative estimate of drug-likeness (QED) is 0.299. The minimum atomic E-state index is 0.112. The van der Waals surface area contributed by atoms with Crippen LogP contribution >= 0.6 is 22.9 Å². The van der Waals surface area contributed by atoms with Crippen LogP contribution < -0.4 is 4.74 Å². The van der Waals surface area contributed by atoms with E-state index in [-0.39, 0.29) is 5.91 Å². The van der Waals surface area contributed by atoms with Crippen LogP contribution in [0.2, 0.25) is 5.02 Å². The molecule has 7 heteroatoms. The van der Waals surface area contributed by atoms with Gasteiger partial charge in [-0.2, -0.15) is 0 Å². The van der Waals surface area contributed by atoms with Crippen molar-refractivity contribution in [1.82, 2.24) is 14.5 Å². The van der Waals surface area contributed by atoms with Gasteiger partial charge in [0.1, 0.15) is 17.4 Å². The second kappa shape index (κ2) is 10.0. The summed E-state index contributed by atoms with van der Waals surface area (Å²) in [4.78, 5) is 20.1. The number of hydrogen-bond acceptors (Lipinski definition) is 4. The first kappa shape index (κ1) is 22.7. The molecule has 174 valence electrons. The van der Waals surface area contributed by atoms with Gasteiger partial charge in [-0.05, 0) is 43.5 Å². The number of rotatable bonds is 7.